The van der Waals surface area contributed by atoms with Crippen LogP contribution in [0.1, 0.15) is 20.3 Å². The van der Waals surface area contributed by atoms with E-state index in [-0.39, 0.29) is 12.2 Å². The van der Waals surface area contributed by atoms with E-state index in [1.54, 1.807) is 6.92 Å². The van der Waals surface area contributed by atoms with E-state index in [0.717, 1.165) is 0 Å². The van der Waals surface area contributed by atoms with Gasteiger partial charge in [-0.2, -0.15) is 0 Å². The van der Waals surface area contributed by atoms with Gasteiger partial charge in [0, 0.05) is 0 Å². The quantitative estimate of drug-likeness (QED) is 0.338. The molecule has 0 aromatic heterocycles. The first-order chi connectivity index (χ1) is 5.06. The predicted octanol–water partition coefficient (Wildman–Crippen LogP) is 0.530. The molecule has 0 aliphatic carbocycles. The minimum Gasteiger partial charge on any atom is -0.449 e. The van der Waals surface area contributed by atoms with E-state index in [0.29, 0.717) is 0 Å². The van der Waals surface area contributed by atoms with Crippen LogP contribution in [0.3, 0.4) is 0 Å². The molecule has 0 spiro atoms. The Bertz CT molecular complexity index is 200. The number of ketones is 1. The van der Waals surface area contributed by atoms with Gasteiger partial charge in [-0.3, -0.25) is 9.59 Å². The fraction of sp³-hybridized carbons (Fsp3) is 0.500. The van der Waals surface area contributed by atoms with E-state index < -0.39 is 12.1 Å². The lowest BCUT2D eigenvalue weighted by Gasteiger charge is -2.04. The molecule has 0 rings (SSSR count). The van der Waals surface area contributed by atoms with Gasteiger partial charge in [0.1, 0.15) is 12.2 Å². The Morgan fingerprint density at radius 1 is 1.64 bits per heavy atom. The molecule has 1 unspecified atom stereocenters. The number of esters is 1. The Morgan fingerprint density at radius 3 is 2.55 bits per heavy atom. The van der Waals surface area contributed by atoms with Crippen LogP contribution in [-0.2, 0) is 14.3 Å². The van der Waals surface area contributed by atoms with Crippen molar-refractivity contribution in [2.75, 3.05) is 0 Å². The smallest absolute Gasteiger partial charge is 0.314 e. The second kappa shape index (κ2) is 4.51. The number of Topliss-reactive ketones (excluding diaryl/α,β-unsaturated/α-hetero) is 1. The molecule has 0 amide bonds. The monoisotopic (exact) mass is 154 g/mol. The standard InChI is InChI=1S/C8H10O3/c1-4-7(3)11-8(10)5-6(2)9/h1,7H,5H2,2-3H3. The van der Waals surface area contributed by atoms with E-state index in [4.69, 9.17) is 6.42 Å². The highest BCUT2D eigenvalue weighted by molar-refractivity contribution is 5.94. The summed E-state index contributed by atoms with van der Waals surface area (Å²) in [6.07, 6.45) is 4.18. The van der Waals surface area contributed by atoms with E-state index in [1.165, 1.54) is 6.92 Å². The van der Waals surface area contributed by atoms with Crippen LogP contribution in [0, 0.1) is 12.3 Å². The minimum absolute atomic E-state index is 0.202. The lowest BCUT2D eigenvalue weighted by atomic mass is 10.3. The maximum atomic E-state index is 10.7. The Balaban J connectivity index is 3.72. The highest BCUT2D eigenvalue weighted by Gasteiger charge is 2.08. The summed E-state index contributed by atoms with van der Waals surface area (Å²) in [6, 6.07) is 0. The van der Waals surface area contributed by atoms with Crippen molar-refractivity contribution in [2.24, 2.45) is 0 Å². The zero-order valence-electron chi connectivity index (χ0n) is 6.59. The van der Waals surface area contributed by atoms with Crippen molar-refractivity contribution < 1.29 is 14.3 Å². The molecule has 0 bridgehead atoms. The predicted molar refractivity (Wildman–Crippen MR) is 39.7 cm³/mol. The second-order valence-electron chi connectivity index (χ2n) is 2.18. The van der Waals surface area contributed by atoms with Gasteiger partial charge in [0.15, 0.2) is 6.10 Å². The molecule has 0 aromatic carbocycles. The van der Waals surface area contributed by atoms with Crippen molar-refractivity contribution in [3.63, 3.8) is 0 Å². The average Bonchev–Trinajstić information content (AvgIpc) is 1.85. The van der Waals surface area contributed by atoms with Crippen LogP contribution in [0.15, 0.2) is 0 Å². The maximum Gasteiger partial charge on any atom is 0.314 e. The van der Waals surface area contributed by atoms with E-state index in [9.17, 15) is 9.59 Å². The van der Waals surface area contributed by atoms with Crippen LogP contribution in [-0.4, -0.2) is 17.9 Å². The zero-order valence-corrected chi connectivity index (χ0v) is 6.59. The SMILES string of the molecule is C#CC(C)OC(=O)CC(C)=O. The highest BCUT2D eigenvalue weighted by atomic mass is 16.5. The summed E-state index contributed by atoms with van der Waals surface area (Å²) >= 11 is 0. The molecule has 0 aliphatic heterocycles. The molecule has 11 heavy (non-hydrogen) atoms. The van der Waals surface area contributed by atoms with Crippen molar-refractivity contribution in [1.29, 1.82) is 0 Å². The number of carbonyl (C=O) groups excluding carboxylic acids is 2. The van der Waals surface area contributed by atoms with Gasteiger partial charge in [-0.15, -0.1) is 6.42 Å². The summed E-state index contributed by atoms with van der Waals surface area (Å²) < 4.78 is 4.61. The molecule has 60 valence electrons. The Kier molecular flexibility index (Phi) is 3.97. The second-order valence-corrected chi connectivity index (χ2v) is 2.18. The number of rotatable bonds is 3. The van der Waals surface area contributed by atoms with Crippen molar-refractivity contribution in [2.45, 2.75) is 26.4 Å². The van der Waals surface area contributed by atoms with E-state index in [1.807, 2.05) is 0 Å². The van der Waals surface area contributed by atoms with Gasteiger partial charge < -0.3 is 4.74 Å². The molecule has 1 atom stereocenters. The number of hydrogen-bond donors (Lipinski definition) is 0. The number of terminal acetylenes is 1. The van der Waals surface area contributed by atoms with Crippen molar-refractivity contribution in [3.8, 4) is 12.3 Å². The number of hydrogen-bond acceptors (Lipinski definition) is 3. The van der Waals surface area contributed by atoms with Gasteiger partial charge in [-0.25, -0.2) is 0 Å². The van der Waals surface area contributed by atoms with Gasteiger partial charge in [0.2, 0.25) is 0 Å². The lowest BCUT2D eigenvalue weighted by Crippen LogP contribution is -2.15. The summed E-state index contributed by atoms with van der Waals surface area (Å²) in [7, 11) is 0. The van der Waals surface area contributed by atoms with Crippen LogP contribution in [0.25, 0.3) is 0 Å². The zero-order chi connectivity index (χ0) is 8.85. The van der Waals surface area contributed by atoms with E-state index >= 15 is 0 Å². The van der Waals surface area contributed by atoms with Crippen LogP contribution in [0.2, 0.25) is 0 Å². The van der Waals surface area contributed by atoms with Crippen LogP contribution in [0.5, 0.6) is 0 Å². The molecule has 0 aliphatic rings. The average molecular weight is 154 g/mol. The number of carbonyl (C=O) groups is 2. The minimum atomic E-state index is -0.567. The normalized spacial score (nSPS) is 11.4. The van der Waals surface area contributed by atoms with Gasteiger partial charge in [0.25, 0.3) is 0 Å². The Hall–Kier alpha value is -1.30. The first-order valence-corrected chi connectivity index (χ1v) is 3.21. The molecule has 0 N–H and O–H groups in total. The molecule has 0 aromatic rings. The summed E-state index contributed by atoms with van der Waals surface area (Å²) in [5, 5.41) is 0. The first-order valence-electron chi connectivity index (χ1n) is 3.21. The van der Waals surface area contributed by atoms with Crippen LogP contribution < -0.4 is 0 Å². The molecule has 0 radical (unpaired) electrons. The van der Waals surface area contributed by atoms with Gasteiger partial charge in [-0.1, -0.05) is 5.92 Å². The third-order valence-electron chi connectivity index (χ3n) is 0.936. The molecule has 0 fully saturated rings. The molecule has 0 heterocycles. The fourth-order valence-corrected chi connectivity index (χ4v) is 0.476. The highest BCUT2D eigenvalue weighted by Crippen LogP contribution is 1.93. The molecular weight excluding hydrogens is 144 g/mol. The Labute approximate surface area is 65.7 Å². The number of ether oxygens (including phenoxy) is 1. The van der Waals surface area contributed by atoms with Gasteiger partial charge in [-0.05, 0) is 13.8 Å². The summed E-state index contributed by atoms with van der Waals surface area (Å²) in [4.78, 5) is 21.1. The van der Waals surface area contributed by atoms with Crippen LogP contribution >= 0.6 is 0 Å². The molecular formula is C8H10O3. The Morgan fingerprint density at radius 2 is 2.18 bits per heavy atom. The summed E-state index contributed by atoms with van der Waals surface area (Å²) in [5.74, 6) is 1.43. The van der Waals surface area contributed by atoms with Crippen molar-refractivity contribution in [3.05, 3.63) is 0 Å². The molecule has 3 heteroatoms. The largest absolute Gasteiger partial charge is 0.449 e. The summed E-state index contributed by atoms with van der Waals surface area (Å²) in [6.45, 7) is 2.89. The third kappa shape index (κ3) is 5.16. The van der Waals surface area contributed by atoms with Crippen molar-refractivity contribution >= 4 is 11.8 Å². The topological polar surface area (TPSA) is 43.4 Å². The molecule has 0 saturated carbocycles. The summed E-state index contributed by atoms with van der Waals surface area (Å²) in [5.41, 5.74) is 0. The molecule has 3 nitrogen and oxygen atoms in total. The van der Waals surface area contributed by atoms with Crippen molar-refractivity contribution in [1.82, 2.24) is 0 Å². The fourth-order valence-electron chi connectivity index (χ4n) is 0.476. The van der Waals surface area contributed by atoms with Crippen LogP contribution in [0.4, 0.5) is 0 Å². The third-order valence-corrected chi connectivity index (χ3v) is 0.936. The van der Waals surface area contributed by atoms with Gasteiger partial charge >= 0.3 is 5.97 Å². The van der Waals surface area contributed by atoms with E-state index in [2.05, 4.69) is 10.7 Å². The maximum absolute atomic E-state index is 10.7. The lowest BCUT2D eigenvalue weighted by molar-refractivity contribution is -0.147. The molecule has 0 saturated heterocycles. The van der Waals surface area contributed by atoms with Gasteiger partial charge in [0.05, 0.1) is 0 Å². The first kappa shape index (κ1) is 9.70.